The number of pyridine rings is 2. The average molecular weight is 393 g/mol. The Morgan fingerprint density at radius 2 is 1.14 bits per heavy atom. The molecule has 108 valence electrons. The standard InChI is InChI=1S/2C6H5NO2.2CH3.Sn/c2*8-6(9)5-1-3-7-4-2-5;;;/h2*1-4H,(H,8,9);2*1H3;/q;;;;+2/p-2. The fraction of sp³-hybridized carbons (Fsp3) is 0.143. The topological polar surface area (TPSA) is 78.4 Å². The van der Waals surface area contributed by atoms with Gasteiger partial charge >= 0.3 is 127 Å². The van der Waals surface area contributed by atoms with Gasteiger partial charge in [0.1, 0.15) is 0 Å². The van der Waals surface area contributed by atoms with Gasteiger partial charge in [0.15, 0.2) is 0 Å². The van der Waals surface area contributed by atoms with Gasteiger partial charge in [-0.1, -0.05) is 0 Å². The maximum atomic E-state index is 12.0. The molecule has 0 bridgehead atoms. The van der Waals surface area contributed by atoms with Crippen molar-refractivity contribution in [3.63, 3.8) is 0 Å². The van der Waals surface area contributed by atoms with Crippen molar-refractivity contribution in [2.24, 2.45) is 0 Å². The second-order valence-corrected chi connectivity index (χ2v) is 13.8. The van der Waals surface area contributed by atoms with E-state index in [1.807, 2.05) is 0 Å². The number of nitrogens with zero attached hydrogens (tertiary/aromatic N) is 2. The van der Waals surface area contributed by atoms with E-state index in [1.165, 1.54) is 24.8 Å². The normalized spacial score (nSPS) is 10.8. The molecule has 0 amide bonds. The van der Waals surface area contributed by atoms with E-state index in [1.54, 1.807) is 34.1 Å². The van der Waals surface area contributed by atoms with E-state index in [9.17, 15) is 9.59 Å². The first kappa shape index (κ1) is 15.4. The van der Waals surface area contributed by atoms with E-state index in [0.29, 0.717) is 11.1 Å². The molecule has 0 spiro atoms. The van der Waals surface area contributed by atoms with E-state index in [4.69, 9.17) is 6.15 Å². The first-order valence-electron chi connectivity index (χ1n) is 6.25. The molecule has 0 N–H and O–H groups in total. The summed E-state index contributed by atoms with van der Waals surface area (Å²) in [7, 11) is 0. The molecule has 2 rings (SSSR count). The van der Waals surface area contributed by atoms with Gasteiger partial charge in [0, 0.05) is 0 Å². The van der Waals surface area contributed by atoms with Crippen molar-refractivity contribution in [2.45, 2.75) is 9.88 Å². The van der Waals surface area contributed by atoms with Gasteiger partial charge < -0.3 is 0 Å². The molecule has 6 nitrogen and oxygen atoms in total. The summed E-state index contributed by atoms with van der Waals surface area (Å²) in [6.07, 6.45) is 6.01. The number of aromatic nitrogens is 2. The molecular weight excluding hydrogens is 379 g/mol. The SMILES string of the molecule is [CH3][Sn]([CH3])([O]C(=O)c1ccncc1)[O]C(=O)c1ccncc1. The maximum absolute atomic E-state index is 12.0. The molecule has 0 saturated heterocycles. The van der Waals surface area contributed by atoms with Crippen LogP contribution in [-0.4, -0.2) is 41.1 Å². The first-order chi connectivity index (χ1) is 9.98. The molecule has 0 unspecified atom stereocenters. The van der Waals surface area contributed by atoms with Crippen LogP contribution in [0.1, 0.15) is 20.7 Å². The molecule has 7 heteroatoms. The Hall–Kier alpha value is -1.96. The van der Waals surface area contributed by atoms with Crippen LogP contribution in [0.4, 0.5) is 0 Å². The third kappa shape index (κ3) is 4.52. The Morgan fingerprint density at radius 3 is 1.48 bits per heavy atom. The summed E-state index contributed by atoms with van der Waals surface area (Å²) >= 11 is -3.73. The molecule has 0 aliphatic heterocycles. The summed E-state index contributed by atoms with van der Waals surface area (Å²) in [6, 6.07) is 6.20. The Labute approximate surface area is 127 Å². The Morgan fingerprint density at radius 1 is 0.810 bits per heavy atom. The van der Waals surface area contributed by atoms with Crippen molar-refractivity contribution in [1.82, 2.24) is 9.97 Å². The molecule has 2 aromatic heterocycles. The molecule has 0 saturated carbocycles. The Bertz CT molecular complexity index is 576. The van der Waals surface area contributed by atoms with Crippen LogP contribution in [0.5, 0.6) is 0 Å². The molecule has 0 radical (unpaired) electrons. The number of hydrogen-bond acceptors (Lipinski definition) is 6. The van der Waals surface area contributed by atoms with Crippen molar-refractivity contribution < 1.29 is 15.7 Å². The minimum absolute atomic E-state index is 0.384. The summed E-state index contributed by atoms with van der Waals surface area (Å²) in [5.74, 6) is -0.999. The molecule has 2 heterocycles. The zero-order chi connectivity index (χ0) is 15.3. The first-order valence-corrected chi connectivity index (χ1v) is 14.3. The monoisotopic (exact) mass is 394 g/mol. The van der Waals surface area contributed by atoms with E-state index < -0.39 is 31.1 Å². The van der Waals surface area contributed by atoms with Gasteiger partial charge in [0.25, 0.3) is 0 Å². The Balaban J connectivity index is 2.02. The summed E-state index contributed by atoms with van der Waals surface area (Å²) in [5, 5.41) is 0. The average Bonchev–Trinajstić information content (AvgIpc) is 2.48. The van der Waals surface area contributed by atoms with Crippen molar-refractivity contribution >= 4 is 31.1 Å². The van der Waals surface area contributed by atoms with Crippen molar-refractivity contribution in [3.8, 4) is 0 Å². The van der Waals surface area contributed by atoms with Gasteiger partial charge in [-0.25, -0.2) is 0 Å². The predicted molar refractivity (Wildman–Crippen MR) is 76.8 cm³/mol. The van der Waals surface area contributed by atoms with Crippen molar-refractivity contribution in [3.05, 3.63) is 60.2 Å². The van der Waals surface area contributed by atoms with E-state index >= 15 is 0 Å². The summed E-state index contributed by atoms with van der Waals surface area (Å²) < 4.78 is 10.8. The zero-order valence-corrected chi connectivity index (χ0v) is 14.5. The summed E-state index contributed by atoms with van der Waals surface area (Å²) in [5.41, 5.74) is 0.768. The molecule has 0 aliphatic carbocycles. The van der Waals surface area contributed by atoms with Gasteiger partial charge in [-0.05, 0) is 0 Å². The Kier molecular flexibility index (Phi) is 4.89. The van der Waals surface area contributed by atoms with Crippen molar-refractivity contribution in [2.75, 3.05) is 0 Å². The molecule has 2 aromatic rings. The van der Waals surface area contributed by atoms with Crippen LogP contribution >= 0.6 is 0 Å². The molecule has 0 aliphatic rings. The zero-order valence-electron chi connectivity index (χ0n) is 11.6. The third-order valence-corrected chi connectivity index (χ3v) is 6.37. The quantitative estimate of drug-likeness (QED) is 0.742. The second-order valence-electron chi connectivity index (χ2n) is 4.65. The molecular formula is C14H14N2O4Sn. The van der Waals surface area contributed by atoms with Crippen LogP contribution in [0, 0.1) is 0 Å². The van der Waals surface area contributed by atoms with Gasteiger partial charge in [-0.2, -0.15) is 0 Å². The van der Waals surface area contributed by atoms with Gasteiger partial charge in [-0.3, -0.25) is 0 Å². The van der Waals surface area contributed by atoms with E-state index in [-0.39, 0.29) is 0 Å². The van der Waals surface area contributed by atoms with Crippen LogP contribution in [0.3, 0.4) is 0 Å². The second kappa shape index (κ2) is 6.66. The third-order valence-electron chi connectivity index (χ3n) is 2.51. The fourth-order valence-electron chi connectivity index (χ4n) is 1.56. The summed E-state index contributed by atoms with van der Waals surface area (Å²) in [6.45, 7) is 0. The van der Waals surface area contributed by atoms with Crippen LogP contribution in [-0.2, 0) is 6.15 Å². The number of hydrogen-bond donors (Lipinski definition) is 0. The van der Waals surface area contributed by atoms with Crippen molar-refractivity contribution in [1.29, 1.82) is 0 Å². The van der Waals surface area contributed by atoms with Gasteiger partial charge in [0.2, 0.25) is 0 Å². The number of carbonyl (C=O) groups excluding carboxylic acids is 2. The molecule has 0 aromatic carbocycles. The van der Waals surface area contributed by atoms with Crippen LogP contribution in [0.15, 0.2) is 49.1 Å². The molecule has 21 heavy (non-hydrogen) atoms. The molecule has 0 atom stereocenters. The summed E-state index contributed by atoms with van der Waals surface area (Å²) in [4.78, 5) is 35.0. The molecule has 0 fully saturated rings. The van der Waals surface area contributed by atoms with Gasteiger partial charge in [-0.15, -0.1) is 0 Å². The van der Waals surface area contributed by atoms with Crippen LogP contribution < -0.4 is 0 Å². The van der Waals surface area contributed by atoms with Gasteiger partial charge in [0.05, 0.1) is 0 Å². The van der Waals surface area contributed by atoms with Crippen LogP contribution in [0.25, 0.3) is 0 Å². The minimum atomic E-state index is -3.73. The van der Waals surface area contributed by atoms with E-state index in [2.05, 4.69) is 9.97 Å². The fourth-order valence-corrected chi connectivity index (χ4v) is 4.90. The predicted octanol–water partition coefficient (Wildman–Crippen LogP) is 2.19. The van der Waals surface area contributed by atoms with Crippen LogP contribution in [0.2, 0.25) is 9.88 Å². The van der Waals surface area contributed by atoms with E-state index in [0.717, 1.165) is 0 Å². The number of carbonyl (C=O) groups is 2. The number of rotatable bonds is 4.